The summed E-state index contributed by atoms with van der Waals surface area (Å²) in [4.78, 5) is 22.1. The Balaban J connectivity index is 4.94. The van der Waals surface area contributed by atoms with Gasteiger partial charge in [-0.25, -0.2) is 0 Å². The van der Waals surface area contributed by atoms with Gasteiger partial charge in [-0.15, -0.1) is 23.2 Å². The number of carbonyl (C=O) groups is 2. The smallest absolute Gasteiger partial charge is 0.209 e. The molecule has 0 bridgehead atoms. The molecule has 0 spiro atoms. The van der Waals surface area contributed by atoms with Gasteiger partial charge < -0.3 is 10.2 Å². The molecule has 0 aromatic rings. The van der Waals surface area contributed by atoms with Gasteiger partial charge in [0.15, 0.2) is 11.6 Å². The Labute approximate surface area is 85.4 Å². The van der Waals surface area contributed by atoms with Crippen molar-refractivity contribution in [3.63, 3.8) is 0 Å². The first-order valence-corrected chi connectivity index (χ1v) is 4.57. The number of Topliss-reactive ketones (excluding diaryl/α,β-unsaturated/α-hetero) is 2. The molecule has 1 atom stereocenters. The van der Waals surface area contributed by atoms with Crippen molar-refractivity contribution in [3.8, 4) is 0 Å². The molecule has 0 fully saturated rings. The lowest BCUT2D eigenvalue weighted by molar-refractivity contribution is -0.158. The quantitative estimate of drug-likeness (QED) is 0.502. The molecule has 13 heavy (non-hydrogen) atoms. The summed E-state index contributed by atoms with van der Waals surface area (Å²) in [6, 6.07) is 0. The third-order valence-corrected chi connectivity index (χ3v) is 2.18. The van der Waals surface area contributed by atoms with Crippen molar-refractivity contribution < 1.29 is 19.8 Å². The van der Waals surface area contributed by atoms with E-state index in [1.165, 1.54) is 0 Å². The van der Waals surface area contributed by atoms with E-state index in [-0.39, 0.29) is 0 Å². The van der Waals surface area contributed by atoms with E-state index in [1.807, 2.05) is 0 Å². The number of hydrogen-bond donors (Lipinski definition) is 2. The fourth-order valence-electron chi connectivity index (χ4n) is 0.825. The zero-order chi connectivity index (χ0) is 10.6. The fourth-order valence-corrected chi connectivity index (χ4v) is 1.23. The van der Waals surface area contributed by atoms with Crippen LogP contribution in [0.2, 0.25) is 0 Å². The second-order valence-electron chi connectivity index (χ2n) is 2.56. The number of halogens is 2. The van der Waals surface area contributed by atoms with E-state index in [9.17, 15) is 14.7 Å². The van der Waals surface area contributed by atoms with Gasteiger partial charge in [-0.3, -0.25) is 9.59 Å². The molecule has 6 heteroatoms. The number of aliphatic hydroxyl groups is 2. The highest BCUT2D eigenvalue weighted by molar-refractivity contribution is 6.36. The number of rotatable bonds is 5. The zero-order valence-corrected chi connectivity index (χ0v) is 8.47. The van der Waals surface area contributed by atoms with E-state index in [0.29, 0.717) is 0 Å². The van der Waals surface area contributed by atoms with E-state index in [2.05, 4.69) is 0 Å². The van der Waals surface area contributed by atoms with Crippen LogP contribution in [0.3, 0.4) is 0 Å². The molecule has 1 unspecified atom stereocenters. The highest BCUT2D eigenvalue weighted by atomic mass is 35.5. The molecule has 76 valence electrons. The van der Waals surface area contributed by atoms with Crippen LogP contribution in [0.4, 0.5) is 0 Å². The first kappa shape index (κ1) is 12.8. The van der Waals surface area contributed by atoms with Crippen molar-refractivity contribution in [2.75, 3.05) is 11.8 Å². The van der Waals surface area contributed by atoms with E-state index >= 15 is 0 Å². The van der Waals surface area contributed by atoms with Crippen molar-refractivity contribution in [3.05, 3.63) is 0 Å². The van der Waals surface area contributed by atoms with Crippen molar-refractivity contribution in [2.45, 2.75) is 18.6 Å². The van der Waals surface area contributed by atoms with E-state index in [4.69, 9.17) is 28.3 Å². The minimum atomic E-state index is -2.47. The van der Waals surface area contributed by atoms with Crippen LogP contribution in [-0.2, 0) is 9.59 Å². The summed E-state index contributed by atoms with van der Waals surface area (Å²) in [6.07, 6.45) is -1.52. The molecule has 2 N–H and O–H groups in total. The zero-order valence-electron chi connectivity index (χ0n) is 6.96. The molecule has 0 aromatic heterocycles. The van der Waals surface area contributed by atoms with Crippen LogP contribution < -0.4 is 0 Å². The van der Waals surface area contributed by atoms with Gasteiger partial charge >= 0.3 is 0 Å². The standard InChI is InChI=1S/C7H10Cl2O4/c1-4(10)7(13,5(11)2-8)6(12)3-9/h4,10,13H,2-3H2,1H3. The number of aliphatic hydroxyl groups excluding tert-OH is 1. The predicted octanol–water partition coefficient (Wildman–Crippen LogP) is -0.286. The van der Waals surface area contributed by atoms with Crippen molar-refractivity contribution in [1.82, 2.24) is 0 Å². The molecule has 0 heterocycles. The van der Waals surface area contributed by atoms with Gasteiger partial charge in [0.2, 0.25) is 5.60 Å². The molecule has 0 aliphatic carbocycles. The number of carbonyl (C=O) groups excluding carboxylic acids is 2. The molecule has 0 aliphatic rings. The minimum absolute atomic E-state index is 0.552. The minimum Gasteiger partial charge on any atom is -0.389 e. The Morgan fingerprint density at radius 2 is 1.62 bits per heavy atom. The Hall–Kier alpha value is -0.160. The Bertz CT molecular complexity index is 199. The second kappa shape index (κ2) is 4.91. The Morgan fingerprint density at radius 1 is 1.31 bits per heavy atom. The first-order valence-electron chi connectivity index (χ1n) is 3.50. The Kier molecular flexibility index (Phi) is 4.85. The van der Waals surface area contributed by atoms with Crippen LogP contribution in [0.25, 0.3) is 0 Å². The molecule has 0 aliphatic heterocycles. The molecule has 0 aromatic carbocycles. The lowest BCUT2D eigenvalue weighted by Gasteiger charge is -2.26. The van der Waals surface area contributed by atoms with Gasteiger partial charge in [0, 0.05) is 0 Å². The molecule has 0 amide bonds. The van der Waals surface area contributed by atoms with Crippen LogP contribution in [0, 0.1) is 0 Å². The molecule has 0 saturated carbocycles. The number of hydrogen-bond acceptors (Lipinski definition) is 4. The van der Waals surface area contributed by atoms with E-state index < -0.39 is 35.0 Å². The molecular weight excluding hydrogens is 219 g/mol. The highest BCUT2D eigenvalue weighted by Crippen LogP contribution is 2.15. The molecule has 4 nitrogen and oxygen atoms in total. The van der Waals surface area contributed by atoms with Gasteiger partial charge in [0.25, 0.3) is 0 Å². The lowest BCUT2D eigenvalue weighted by Crippen LogP contribution is -2.56. The lowest BCUT2D eigenvalue weighted by atomic mass is 9.89. The summed E-state index contributed by atoms with van der Waals surface area (Å²) in [5, 5.41) is 18.6. The van der Waals surface area contributed by atoms with Crippen molar-refractivity contribution >= 4 is 34.8 Å². The third-order valence-electron chi connectivity index (χ3n) is 1.70. The fraction of sp³-hybridized carbons (Fsp3) is 0.714. The summed E-state index contributed by atoms with van der Waals surface area (Å²) >= 11 is 10.3. The SMILES string of the molecule is CC(O)C(O)(C(=O)CCl)C(=O)CCl. The van der Waals surface area contributed by atoms with Gasteiger partial charge in [-0.05, 0) is 6.92 Å². The van der Waals surface area contributed by atoms with Crippen molar-refractivity contribution in [1.29, 1.82) is 0 Å². The van der Waals surface area contributed by atoms with Gasteiger partial charge in [0.1, 0.15) is 0 Å². The maximum Gasteiger partial charge on any atom is 0.209 e. The maximum atomic E-state index is 11.1. The Morgan fingerprint density at radius 3 is 1.77 bits per heavy atom. The summed E-state index contributed by atoms with van der Waals surface area (Å²) < 4.78 is 0. The average Bonchev–Trinajstić information content (AvgIpc) is 2.13. The predicted molar refractivity (Wildman–Crippen MR) is 48.1 cm³/mol. The molecule has 0 radical (unpaired) electrons. The summed E-state index contributed by atoms with van der Waals surface area (Å²) in [5.41, 5.74) is -2.47. The van der Waals surface area contributed by atoms with Gasteiger partial charge in [0.05, 0.1) is 17.9 Å². The molecule has 0 saturated heterocycles. The van der Waals surface area contributed by atoms with Crippen LogP contribution in [-0.4, -0.2) is 45.2 Å². The monoisotopic (exact) mass is 228 g/mol. The van der Waals surface area contributed by atoms with Crippen LogP contribution in [0.5, 0.6) is 0 Å². The maximum absolute atomic E-state index is 11.1. The first-order chi connectivity index (χ1) is 5.91. The summed E-state index contributed by atoms with van der Waals surface area (Å²) in [6.45, 7) is 1.12. The number of ketones is 2. The normalized spacial score (nSPS) is 13.9. The topological polar surface area (TPSA) is 74.6 Å². The van der Waals surface area contributed by atoms with Crippen LogP contribution in [0.15, 0.2) is 0 Å². The second-order valence-corrected chi connectivity index (χ2v) is 3.09. The van der Waals surface area contributed by atoms with Crippen LogP contribution in [0.1, 0.15) is 6.92 Å². The summed E-state index contributed by atoms with van der Waals surface area (Å²) in [5.74, 6) is -3.00. The van der Waals surface area contributed by atoms with E-state index in [0.717, 1.165) is 6.92 Å². The largest absolute Gasteiger partial charge is 0.389 e. The number of alkyl halides is 2. The van der Waals surface area contributed by atoms with Crippen molar-refractivity contribution in [2.24, 2.45) is 0 Å². The molecule has 0 rings (SSSR count). The van der Waals surface area contributed by atoms with Crippen LogP contribution >= 0.6 is 23.2 Å². The van der Waals surface area contributed by atoms with E-state index in [1.54, 1.807) is 0 Å². The highest BCUT2D eigenvalue weighted by Gasteiger charge is 2.46. The average molecular weight is 229 g/mol. The van der Waals surface area contributed by atoms with Gasteiger partial charge in [-0.2, -0.15) is 0 Å². The molecular formula is C7H10Cl2O4. The summed E-state index contributed by atoms with van der Waals surface area (Å²) in [7, 11) is 0. The third kappa shape index (κ3) is 2.40. The van der Waals surface area contributed by atoms with Gasteiger partial charge in [-0.1, -0.05) is 0 Å².